The third-order valence-corrected chi connectivity index (χ3v) is 7.44. The fourth-order valence-corrected chi connectivity index (χ4v) is 5.40. The molecule has 2 unspecified atom stereocenters. The fourth-order valence-electron chi connectivity index (χ4n) is 4.58. The zero-order chi connectivity index (χ0) is 23.5. The average Bonchev–Trinajstić information content (AvgIpc) is 3.30. The van der Waals surface area contributed by atoms with E-state index in [4.69, 9.17) is 4.74 Å². The van der Waals surface area contributed by atoms with Gasteiger partial charge in [0.1, 0.15) is 12.0 Å². The highest BCUT2D eigenvalue weighted by Crippen LogP contribution is 2.31. The van der Waals surface area contributed by atoms with Gasteiger partial charge >= 0.3 is 0 Å². The van der Waals surface area contributed by atoms with Crippen LogP contribution in [0.1, 0.15) is 23.8 Å². The number of nitrogens with one attached hydrogen (secondary N) is 2. The van der Waals surface area contributed by atoms with Crippen molar-refractivity contribution in [3.05, 3.63) is 47.8 Å². The van der Waals surface area contributed by atoms with Crippen LogP contribution < -0.4 is 15.4 Å². The molecule has 5 rings (SSSR count). The summed E-state index contributed by atoms with van der Waals surface area (Å²) in [6.07, 6.45) is 1.62. The minimum atomic E-state index is -0.641. The van der Waals surface area contributed by atoms with Gasteiger partial charge in [0.15, 0.2) is 0 Å². The lowest BCUT2D eigenvalue weighted by Gasteiger charge is -2.22. The number of hydrogen-bond acceptors (Lipinski definition) is 10. The van der Waals surface area contributed by atoms with Crippen molar-refractivity contribution in [2.75, 3.05) is 44.4 Å². The van der Waals surface area contributed by atoms with Crippen molar-refractivity contribution in [1.29, 1.82) is 0 Å². The summed E-state index contributed by atoms with van der Waals surface area (Å²) in [6.45, 7) is 4.04. The van der Waals surface area contributed by atoms with Crippen LogP contribution in [0.5, 0.6) is 5.88 Å². The van der Waals surface area contributed by atoms with E-state index in [9.17, 15) is 10.2 Å². The minimum absolute atomic E-state index is 0.514. The Balaban J connectivity index is 1.13. The first-order chi connectivity index (χ1) is 16.6. The number of rotatable bonds is 8. The van der Waals surface area contributed by atoms with Gasteiger partial charge in [-0.1, -0.05) is 0 Å². The first-order valence-electron chi connectivity index (χ1n) is 11.6. The van der Waals surface area contributed by atoms with Crippen molar-refractivity contribution in [3.8, 4) is 5.88 Å². The molecule has 0 aromatic carbocycles. The molecule has 3 aromatic rings. The quantitative estimate of drug-likeness (QED) is 0.380. The zero-order valence-corrected chi connectivity index (χ0v) is 20.0. The number of ether oxygens (including phenoxy) is 1. The van der Waals surface area contributed by atoms with Crippen LogP contribution in [0.25, 0.3) is 11.0 Å². The van der Waals surface area contributed by atoms with E-state index in [0.717, 1.165) is 53.5 Å². The van der Waals surface area contributed by atoms with Gasteiger partial charge in [0.05, 0.1) is 29.9 Å². The Kier molecular flexibility index (Phi) is 7.12. The van der Waals surface area contributed by atoms with Crippen LogP contribution >= 0.6 is 11.8 Å². The van der Waals surface area contributed by atoms with Crippen LogP contribution in [0.15, 0.2) is 41.4 Å². The summed E-state index contributed by atoms with van der Waals surface area (Å²) in [5, 5.41) is 27.3. The maximum atomic E-state index is 11.0. The number of aliphatic hydroxyl groups is 2. The topological polar surface area (TPSA) is 116 Å². The van der Waals surface area contributed by atoms with Gasteiger partial charge in [-0.2, -0.15) is 0 Å². The highest BCUT2D eigenvalue weighted by atomic mass is 32.2. The number of anilines is 1. The monoisotopic (exact) mass is 482 g/mol. The zero-order valence-electron chi connectivity index (χ0n) is 19.1. The molecule has 0 radical (unpaired) electrons. The summed E-state index contributed by atoms with van der Waals surface area (Å²) in [5.41, 5.74) is 3.17. The fraction of sp³-hybridized carbons (Fsp3) is 0.458. The van der Waals surface area contributed by atoms with Crippen molar-refractivity contribution in [3.63, 3.8) is 0 Å². The molecule has 0 aliphatic carbocycles. The molecule has 3 aromatic heterocycles. The Labute approximate surface area is 203 Å². The van der Waals surface area contributed by atoms with E-state index in [1.54, 1.807) is 31.1 Å². The number of nitrogens with zero attached hydrogens (tertiary/aromatic N) is 4. The highest BCUT2D eigenvalue weighted by molar-refractivity contribution is 7.99. The van der Waals surface area contributed by atoms with Crippen molar-refractivity contribution in [2.45, 2.75) is 30.2 Å². The molecule has 2 aliphatic rings. The Bertz CT molecular complexity index is 1150. The second-order valence-electron chi connectivity index (χ2n) is 8.80. The van der Waals surface area contributed by atoms with E-state index in [2.05, 4.69) is 36.6 Å². The van der Waals surface area contributed by atoms with Crippen molar-refractivity contribution < 1.29 is 14.9 Å². The van der Waals surface area contributed by atoms with Crippen molar-refractivity contribution >= 4 is 28.6 Å². The number of hydrogen-bond donors (Lipinski definition) is 4. The molecule has 5 heterocycles. The number of aromatic nitrogens is 3. The SMILES string of the molecule is COc1ccc2nccc([C@H](O)CN3CCC(CNCc4ccc5c(n4)NC(O)CS5)C3)c2n1. The first kappa shape index (κ1) is 23.3. The van der Waals surface area contributed by atoms with Crippen LogP contribution in [0, 0.1) is 5.92 Å². The predicted molar refractivity (Wildman–Crippen MR) is 132 cm³/mol. The second-order valence-corrected chi connectivity index (χ2v) is 9.86. The maximum Gasteiger partial charge on any atom is 0.213 e. The van der Waals surface area contributed by atoms with Crippen LogP contribution in [0.4, 0.5) is 5.82 Å². The Morgan fingerprint density at radius 3 is 3.06 bits per heavy atom. The lowest BCUT2D eigenvalue weighted by atomic mass is 10.1. The molecule has 34 heavy (non-hydrogen) atoms. The van der Waals surface area contributed by atoms with Gasteiger partial charge in [-0.3, -0.25) is 4.98 Å². The maximum absolute atomic E-state index is 11.0. The van der Waals surface area contributed by atoms with Gasteiger partial charge in [-0.15, -0.1) is 11.8 Å². The summed E-state index contributed by atoms with van der Waals surface area (Å²) in [4.78, 5) is 16.9. The molecular weight excluding hydrogens is 452 g/mol. The van der Waals surface area contributed by atoms with E-state index < -0.39 is 12.3 Å². The van der Waals surface area contributed by atoms with Gasteiger partial charge in [-0.05, 0) is 49.7 Å². The molecule has 2 aliphatic heterocycles. The lowest BCUT2D eigenvalue weighted by Crippen LogP contribution is -2.29. The molecular formula is C24H30N6O3S. The molecule has 0 amide bonds. The first-order valence-corrected chi connectivity index (χ1v) is 12.6. The Hall–Kier alpha value is -2.50. The molecule has 3 atom stereocenters. The highest BCUT2D eigenvalue weighted by Gasteiger charge is 2.25. The standard InChI is InChI=1S/C24H30N6O3S/c1-33-22-5-3-18-23(29-22)17(6-8-26-18)19(31)13-30-9-7-15(12-30)10-25-11-16-2-4-20-24(27-16)28-21(32)14-34-20/h2-6,8,15,19,21,25,31-32H,7,9-14H2,1H3,(H,27,28)/t15?,19-,21?/m1/s1. The third kappa shape index (κ3) is 5.26. The summed E-state index contributed by atoms with van der Waals surface area (Å²) in [6, 6.07) is 9.59. The number of likely N-dealkylation sites (tertiary alicyclic amines) is 1. The molecule has 180 valence electrons. The van der Waals surface area contributed by atoms with Gasteiger partial charge < -0.3 is 30.5 Å². The van der Waals surface area contributed by atoms with E-state index in [0.29, 0.717) is 36.2 Å². The van der Waals surface area contributed by atoms with Crippen molar-refractivity contribution in [1.82, 2.24) is 25.2 Å². The average molecular weight is 483 g/mol. The van der Waals surface area contributed by atoms with Crippen LogP contribution in [0.3, 0.4) is 0 Å². The normalized spacial score (nSPS) is 21.3. The summed E-state index contributed by atoms with van der Waals surface area (Å²) in [5.74, 6) is 2.44. The van der Waals surface area contributed by atoms with Crippen LogP contribution in [0.2, 0.25) is 0 Å². The lowest BCUT2D eigenvalue weighted by molar-refractivity contribution is 0.125. The number of aliphatic hydroxyl groups excluding tert-OH is 2. The summed E-state index contributed by atoms with van der Waals surface area (Å²) >= 11 is 1.62. The third-order valence-electron chi connectivity index (χ3n) is 6.31. The number of fused-ring (bicyclic) bond motifs is 2. The Morgan fingerprint density at radius 2 is 2.18 bits per heavy atom. The molecule has 4 N–H and O–H groups in total. The summed E-state index contributed by atoms with van der Waals surface area (Å²) in [7, 11) is 1.58. The molecule has 1 fully saturated rings. The molecule has 0 saturated carbocycles. The molecule has 0 bridgehead atoms. The van der Waals surface area contributed by atoms with E-state index in [1.807, 2.05) is 18.2 Å². The van der Waals surface area contributed by atoms with Gasteiger partial charge in [0.25, 0.3) is 0 Å². The van der Waals surface area contributed by atoms with Crippen LogP contribution in [-0.4, -0.2) is 75.3 Å². The van der Waals surface area contributed by atoms with E-state index >= 15 is 0 Å². The summed E-state index contributed by atoms with van der Waals surface area (Å²) < 4.78 is 5.25. The molecule has 0 spiro atoms. The van der Waals surface area contributed by atoms with Gasteiger partial charge in [0, 0.05) is 48.1 Å². The molecule has 10 heteroatoms. The second kappa shape index (κ2) is 10.4. The van der Waals surface area contributed by atoms with Gasteiger partial charge in [-0.25, -0.2) is 9.97 Å². The smallest absolute Gasteiger partial charge is 0.213 e. The van der Waals surface area contributed by atoms with E-state index in [1.165, 1.54) is 0 Å². The minimum Gasteiger partial charge on any atom is -0.481 e. The van der Waals surface area contributed by atoms with Crippen molar-refractivity contribution in [2.24, 2.45) is 5.92 Å². The van der Waals surface area contributed by atoms with E-state index in [-0.39, 0.29) is 0 Å². The number of β-amino-alcohol motifs (C(OH)–C–C–N with tert-alkyl or cyclic N) is 1. The van der Waals surface area contributed by atoms with Crippen LogP contribution in [-0.2, 0) is 6.54 Å². The Morgan fingerprint density at radius 1 is 1.26 bits per heavy atom. The molecule has 1 saturated heterocycles. The predicted octanol–water partition coefficient (Wildman–Crippen LogP) is 2.01. The largest absolute Gasteiger partial charge is 0.481 e. The number of thioether (sulfide) groups is 1. The van der Waals surface area contributed by atoms with Gasteiger partial charge in [0.2, 0.25) is 5.88 Å². The number of pyridine rings is 3. The molecule has 9 nitrogen and oxygen atoms in total. The number of methoxy groups -OCH3 is 1.